The number of hydrogen-bond acceptors (Lipinski definition) is 27. The Kier molecular flexibility index (Phi) is 47.3. The van der Waals surface area contributed by atoms with Gasteiger partial charge in [0.2, 0.25) is 5.91 Å². The molecular weight excluding hydrogens is 1750 g/mol. The van der Waals surface area contributed by atoms with E-state index in [-0.39, 0.29) is 86.7 Å². The molecule has 4 bridgehead atoms. The molecular formula is C81H128B2N16O17S8. The van der Waals surface area contributed by atoms with E-state index in [1.54, 1.807) is 127 Å². The molecule has 6 aliphatic heterocycles. The lowest BCUT2D eigenvalue weighted by atomic mass is 9.28. The maximum Gasteiger partial charge on any atom is 0.408 e. The molecule has 6 atom stereocenters. The Morgan fingerprint density at radius 3 is 1.13 bits per heavy atom. The second kappa shape index (κ2) is 54.5. The number of ether oxygens (including phenoxy) is 3. The van der Waals surface area contributed by atoms with E-state index in [9.17, 15) is 53.4 Å². The van der Waals surface area contributed by atoms with Gasteiger partial charge in [-0.1, -0.05) is 358 Å². The van der Waals surface area contributed by atoms with Crippen molar-refractivity contribution < 1.29 is 92.4 Å². The summed E-state index contributed by atoms with van der Waals surface area (Å²) in [6.07, 6.45) is 18.8. The Balaban J connectivity index is 0.000000293. The van der Waals surface area contributed by atoms with Crippen LogP contribution in [0.3, 0.4) is 0 Å². The third kappa shape index (κ3) is 40.7. The van der Waals surface area contributed by atoms with Crippen molar-refractivity contribution in [3.8, 4) is 0 Å². The molecule has 6 saturated heterocycles. The number of esters is 1. The van der Waals surface area contributed by atoms with Gasteiger partial charge < -0.3 is 76.7 Å². The Hall–Kier alpha value is -6.81. The first kappa shape index (κ1) is 108. The highest BCUT2D eigenvalue weighted by atomic mass is 33.1. The van der Waals surface area contributed by atoms with Crippen molar-refractivity contribution in [2.24, 2.45) is 32.7 Å². The van der Waals surface area contributed by atoms with Crippen LogP contribution < -0.4 is 37.9 Å². The molecule has 0 aromatic heterocycles. The Morgan fingerprint density at radius 1 is 0.492 bits per heavy atom. The minimum Gasteiger partial charge on any atom is -0.634 e. The van der Waals surface area contributed by atoms with Crippen LogP contribution in [0, 0.1) is 5.92 Å². The SMILES string of the molecule is CC(C)(C)SSC[C@H](CC(=O)OCc1ccc(N=[N+]=[N-])cc1)C(=O)NCCCC[C@@H]1[NH2+][B-]2(OC1=O)C1CCCC2CCC1.CC(C)(C)SSC[C@H](N)C(=O)O.CC(C)(C)SSC[C@H](NC(=O)OCc1ccc(N=[N+]=[N-])cc1)C(=O)O.CC(C)(C)SSC[C@H](NC(=O)OCc1ccc(N=[N+]=[N-])cc1)C(=O)O.NCCCC[C@@H]1[NH2+][B-]2(OC1=O)C1CCCC2CCC1. The Morgan fingerprint density at radius 2 is 0.815 bits per heavy atom. The van der Waals surface area contributed by atoms with Crippen LogP contribution in [-0.2, 0) is 76.9 Å². The minimum atomic E-state index is -1.12. The fourth-order valence-electron chi connectivity index (χ4n) is 15.3. The van der Waals surface area contributed by atoms with Gasteiger partial charge in [0.25, 0.3) is 0 Å². The van der Waals surface area contributed by atoms with Gasteiger partial charge in [-0.05, 0) is 65.5 Å². The number of azide groups is 3. The summed E-state index contributed by atoms with van der Waals surface area (Å²) in [7, 11) is 12.3. The van der Waals surface area contributed by atoms with Crippen LogP contribution in [-0.4, -0.2) is 167 Å². The van der Waals surface area contributed by atoms with Gasteiger partial charge in [0.05, 0.1) is 12.3 Å². The zero-order chi connectivity index (χ0) is 91.7. The molecule has 0 unspecified atom stereocenters. The van der Waals surface area contributed by atoms with E-state index in [1.165, 1.54) is 109 Å². The van der Waals surface area contributed by atoms with E-state index in [2.05, 4.69) is 98.0 Å². The van der Waals surface area contributed by atoms with E-state index < -0.39 is 73.1 Å². The van der Waals surface area contributed by atoms with Crippen molar-refractivity contribution in [3.05, 3.63) is 121 Å². The number of carboxylic acids is 3. The van der Waals surface area contributed by atoms with Gasteiger partial charge in [-0.2, -0.15) is 0 Å². The smallest absolute Gasteiger partial charge is 0.408 e. The molecule has 14 N–H and O–H groups in total. The number of carbonyl (C=O) groups is 9. The van der Waals surface area contributed by atoms with Gasteiger partial charge in [-0.25, -0.2) is 19.2 Å². The summed E-state index contributed by atoms with van der Waals surface area (Å²) in [4.78, 5) is 115. The van der Waals surface area contributed by atoms with Gasteiger partial charge in [0.1, 0.15) is 50.0 Å². The summed E-state index contributed by atoms with van der Waals surface area (Å²) in [5.41, 5.74) is 39.6. The van der Waals surface area contributed by atoms with Crippen LogP contribution in [0.25, 0.3) is 31.3 Å². The summed E-state index contributed by atoms with van der Waals surface area (Å²) in [6.45, 7) is 23.9. The molecule has 6 fully saturated rings. The van der Waals surface area contributed by atoms with Crippen LogP contribution in [0.5, 0.6) is 0 Å². The first-order valence-electron chi connectivity index (χ1n) is 42.2. The van der Waals surface area contributed by atoms with Gasteiger partial charge in [0.15, 0.2) is 0 Å². The molecule has 0 saturated carbocycles. The van der Waals surface area contributed by atoms with Crippen molar-refractivity contribution in [3.63, 3.8) is 0 Å². The number of hydrogen-bond donors (Lipinski definition) is 10. The highest BCUT2D eigenvalue weighted by Gasteiger charge is 2.60. The number of rotatable bonds is 38. The van der Waals surface area contributed by atoms with Crippen LogP contribution >= 0.6 is 86.4 Å². The van der Waals surface area contributed by atoms with E-state index in [0.717, 1.165) is 50.6 Å². The van der Waals surface area contributed by atoms with Crippen LogP contribution in [0.15, 0.2) is 88.1 Å². The number of quaternary nitrogens is 2. The van der Waals surface area contributed by atoms with E-state index >= 15 is 0 Å². The largest absolute Gasteiger partial charge is 0.634 e. The molecule has 33 nitrogen and oxygen atoms in total. The lowest BCUT2D eigenvalue weighted by molar-refractivity contribution is -0.560. The normalized spacial score (nSPS) is 21.4. The maximum absolute atomic E-state index is 13.1. The standard InChI is InChI=1S/C30H46BN5O5S2.2C15H20N4O4S2.C14H27BN2O2.C7H15NO2S2/c1-30(2,3)43-42-20-22(18-27(37)40-19-21-13-15-25(16-14-21)35-36-32)28(38)33-17-5-4-12-26-29(39)41-31(34-26)23-8-6-9-24(31)11-7-10-23;2*1-15(2,3)25-24-9-12(13(20)21)17-14(22)23-8-10-4-6-11(7-5-10)18-19-16;16-10-2-1-9-13-14(18)19-15(17-13)11-5-3-6-12(15)8-4-7-11;1-7(2,3)12-11-4-5(8)6(9)10/h13-16,22-24,26H,4-12,17-20,34H2,1-3H3,(H,33,38);2*4-7,12H,8-9H2,1-3H3,(H,17,22)(H,20,21);11-13H,1-10,16-17H2;5H,4,8H2,1-3H3,(H,9,10)/t22-,23?,24?,26-,31?;2*12-;11?,12?,13-,15?;5-/m00000/s1. The maximum atomic E-state index is 13.1. The van der Waals surface area contributed by atoms with E-state index in [4.69, 9.17) is 56.7 Å². The van der Waals surface area contributed by atoms with Crippen LogP contribution in [0.2, 0.25) is 23.3 Å². The highest BCUT2D eigenvalue weighted by Crippen LogP contribution is 2.53. The van der Waals surface area contributed by atoms with Crippen molar-refractivity contribution in [2.75, 3.05) is 36.1 Å². The lowest BCUT2D eigenvalue weighted by Gasteiger charge is -2.50. The van der Waals surface area contributed by atoms with E-state index in [1.807, 2.05) is 41.5 Å². The Labute approximate surface area is 760 Å². The molecule has 688 valence electrons. The second-order valence-corrected chi connectivity index (χ2v) is 48.2. The van der Waals surface area contributed by atoms with Crippen molar-refractivity contribution in [1.82, 2.24) is 16.0 Å². The minimum absolute atomic E-state index is 0.00398. The van der Waals surface area contributed by atoms with Crippen molar-refractivity contribution in [1.29, 1.82) is 0 Å². The van der Waals surface area contributed by atoms with Gasteiger partial charge in [-0.15, -0.1) is 0 Å². The molecule has 0 aliphatic carbocycles. The molecule has 43 heteroatoms. The molecule has 0 radical (unpaired) electrons. The average Bonchev–Trinajstić information content (AvgIpc) is 1.59. The molecule has 3 amide bonds. The molecule has 124 heavy (non-hydrogen) atoms. The number of aliphatic carboxylic acids is 3. The number of amides is 3. The van der Waals surface area contributed by atoms with E-state index in [0.29, 0.717) is 69.5 Å². The first-order valence-corrected chi connectivity index (χ1v) is 51.5. The monoisotopic (exact) mass is 1870 g/mol. The zero-order valence-corrected chi connectivity index (χ0v) is 79.8. The fraction of sp³-hybridized carbons (Fsp3) is 0.667. The summed E-state index contributed by atoms with van der Waals surface area (Å²) in [6, 6.07) is 16.9. The molecule has 6 aliphatic rings. The van der Waals surface area contributed by atoms with Gasteiger partial charge in [-0.3, -0.25) is 24.0 Å². The predicted octanol–water partition coefficient (Wildman–Crippen LogP) is 17.9. The third-order valence-corrected chi connectivity index (χ3v) is 34.5. The number of alkyl carbamates (subject to hydrolysis) is 2. The number of benzene rings is 3. The second-order valence-electron chi connectivity index (χ2n) is 35.5. The van der Waals surface area contributed by atoms with Crippen molar-refractivity contribution in [2.45, 2.75) is 297 Å². The van der Waals surface area contributed by atoms with Gasteiger partial charge >= 0.3 is 61.0 Å². The third-order valence-electron chi connectivity index (χ3n) is 21.0. The predicted molar refractivity (Wildman–Crippen MR) is 503 cm³/mol. The fourth-order valence-corrected chi connectivity index (χ4v) is 25.3. The molecule has 3 aromatic carbocycles. The number of nitrogens with one attached hydrogen (secondary N) is 3. The number of unbranched alkanes of at least 4 members (excludes halogenated alkanes) is 2. The summed E-state index contributed by atoms with van der Waals surface area (Å²) in [5, 5.41) is 49.6. The first-order chi connectivity index (χ1) is 58.6. The summed E-state index contributed by atoms with van der Waals surface area (Å²) < 4.78 is 27.9. The summed E-state index contributed by atoms with van der Waals surface area (Å²) >= 11 is 0. The Bertz CT molecular complexity index is 3910. The zero-order valence-electron chi connectivity index (χ0n) is 73.3. The topological polar surface area (TPSA) is 528 Å². The van der Waals surface area contributed by atoms with Gasteiger partial charge in [0, 0.05) is 93.2 Å². The lowest BCUT2D eigenvalue weighted by Crippen LogP contribution is -3.03. The van der Waals surface area contributed by atoms with Crippen LogP contribution in [0.4, 0.5) is 26.7 Å². The number of nitrogens with two attached hydrogens (primary N) is 4. The highest BCUT2D eigenvalue weighted by molar-refractivity contribution is 8.78. The average molecular weight is 1880 g/mol. The molecule has 9 rings (SSSR count). The number of carbonyl (C=O) groups excluding carboxylic acids is 6. The molecule has 6 heterocycles. The molecule has 3 aromatic rings. The van der Waals surface area contributed by atoms with Crippen LogP contribution in [0.1, 0.15) is 222 Å². The molecule has 2 spiro atoms. The number of nitrogens with zero attached hydrogens (tertiary/aromatic N) is 9. The van der Waals surface area contributed by atoms with Crippen molar-refractivity contribution >= 4 is 170 Å². The summed E-state index contributed by atoms with van der Waals surface area (Å²) in [5.74, 6) is -0.396. The quantitative estimate of drug-likeness (QED) is 0.00372. The number of carboxylic acid groups (broad SMARTS) is 3.